The van der Waals surface area contributed by atoms with Crippen LogP contribution < -0.4 is 14.4 Å². The number of anilines is 1. The highest BCUT2D eigenvalue weighted by Crippen LogP contribution is 2.34. The summed E-state index contributed by atoms with van der Waals surface area (Å²) in [4.78, 5) is 12.9. The molecule has 1 amide bonds. The Morgan fingerprint density at radius 3 is 2.19 bits per heavy atom. The van der Waals surface area contributed by atoms with Crippen LogP contribution in [-0.4, -0.2) is 27.2 Å². The maximum atomic E-state index is 11.3. The molecule has 0 N–H and O–H groups in total. The van der Waals surface area contributed by atoms with Crippen molar-refractivity contribution in [3.05, 3.63) is 17.7 Å². The lowest BCUT2D eigenvalue weighted by atomic mass is 10.1. The number of carbonyl (C=O) groups is 1. The van der Waals surface area contributed by atoms with Crippen molar-refractivity contribution in [2.45, 2.75) is 13.8 Å². The number of amides is 1. The first-order chi connectivity index (χ1) is 7.51. The Morgan fingerprint density at radius 1 is 1.19 bits per heavy atom. The Hall–Kier alpha value is -1.71. The number of carbonyl (C=O) groups excluding carboxylic acids is 1. The first kappa shape index (κ1) is 12.4. The molecule has 16 heavy (non-hydrogen) atoms. The summed E-state index contributed by atoms with van der Waals surface area (Å²) in [6, 6.07) is 3.66. The summed E-state index contributed by atoms with van der Waals surface area (Å²) >= 11 is 0. The van der Waals surface area contributed by atoms with Crippen LogP contribution in [0.3, 0.4) is 0 Å². The van der Waals surface area contributed by atoms with E-state index in [1.54, 1.807) is 27.3 Å². The molecule has 0 aliphatic rings. The van der Waals surface area contributed by atoms with E-state index in [1.807, 2.05) is 13.0 Å². The minimum absolute atomic E-state index is 0.0517. The lowest BCUT2D eigenvalue weighted by molar-refractivity contribution is -0.116. The molecule has 0 saturated carbocycles. The standard InChI is InChI=1S/C12H17NO3/c1-8-6-12(16-5)10(7-11(8)15-4)13(3)9(2)14/h6-7H,1-5H3. The van der Waals surface area contributed by atoms with Crippen LogP contribution in [0, 0.1) is 6.92 Å². The second-order valence-electron chi connectivity index (χ2n) is 3.57. The van der Waals surface area contributed by atoms with Gasteiger partial charge in [0.15, 0.2) is 0 Å². The van der Waals surface area contributed by atoms with Gasteiger partial charge in [-0.2, -0.15) is 0 Å². The average molecular weight is 223 g/mol. The van der Waals surface area contributed by atoms with Crippen molar-refractivity contribution in [1.82, 2.24) is 0 Å². The quantitative estimate of drug-likeness (QED) is 0.786. The van der Waals surface area contributed by atoms with Gasteiger partial charge in [0.05, 0.1) is 19.9 Å². The molecule has 0 aliphatic heterocycles. The summed E-state index contributed by atoms with van der Waals surface area (Å²) in [5.41, 5.74) is 1.68. The number of rotatable bonds is 3. The molecule has 1 aromatic carbocycles. The van der Waals surface area contributed by atoms with Crippen molar-refractivity contribution in [2.75, 3.05) is 26.2 Å². The molecular formula is C12H17NO3. The summed E-state index contributed by atoms with van der Waals surface area (Å²) in [6.45, 7) is 3.44. The molecule has 0 saturated heterocycles. The van der Waals surface area contributed by atoms with E-state index in [-0.39, 0.29) is 5.91 Å². The fourth-order valence-corrected chi connectivity index (χ4v) is 1.47. The summed E-state index contributed by atoms with van der Waals surface area (Å²) < 4.78 is 10.5. The normalized spacial score (nSPS) is 9.81. The van der Waals surface area contributed by atoms with Gasteiger partial charge in [-0.1, -0.05) is 0 Å². The first-order valence-corrected chi connectivity index (χ1v) is 4.98. The van der Waals surface area contributed by atoms with Crippen LogP contribution in [-0.2, 0) is 4.79 Å². The maximum Gasteiger partial charge on any atom is 0.223 e. The van der Waals surface area contributed by atoms with Crippen molar-refractivity contribution in [3.63, 3.8) is 0 Å². The molecule has 0 unspecified atom stereocenters. The average Bonchev–Trinajstić information content (AvgIpc) is 2.27. The van der Waals surface area contributed by atoms with E-state index in [2.05, 4.69) is 0 Å². The summed E-state index contributed by atoms with van der Waals surface area (Å²) in [6.07, 6.45) is 0. The number of methoxy groups -OCH3 is 2. The minimum Gasteiger partial charge on any atom is -0.496 e. The van der Waals surface area contributed by atoms with Gasteiger partial charge in [-0.25, -0.2) is 0 Å². The number of ether oxygens (including phenoxy) is 2. The van der Waals surface area contributed by atoms with Crippen LogP contribution >= 0.6 is 0 Å². The second-order valence-corrected chi connectivity index (χ2v) is 3.57. The SMILES string of the molecule is COc1cc(N(C)C(C)=O)c(OC)cc1C. The Kier molecular flexibility index (Phi) is 3.77. The van der Waals surface area contributed by atoms with Gasteiger partial charge in [-0.05, 0) is 18.6 Å². The van der Waals surface area contributed by atoms with Gasteiger partial charge in [0, 0.05) is 20.0 Å². The van der Waals surface area contributed by atoms with E-state index in [9.17, 15) is 4.79 Å². The van der Waals surface area contributed by atoms with E-state index < -0.39 is 0 Å². The number of benzene rings is 1. The summed E-state index contributed by atoms with van der Waals surface area (Å²) in [7, 11) is 4.89. The molecule has 1 aromatic rings. The van der Waals surface area contributed by atoms with E-state index in [0.717, 1.165) is 11.3 Å². The molecule has 0 atom stereocenters. The monoisotopic (exact) mass is 223 g/mol. The first-order valence-electron chi connectivity index (χ1n) is 4.98. The van der Waals surface area contributed by atoms with E-state index in [4.69, 9.17) is 9.47 Å². The Morgan fingerprint density at radius 2 is 1.75 bits per heavy atom. The van der Waals surface area contributed by atoms with E-state index in [1.165, 1.54) is 11.8 Å². The van der Waals surface area contributed by atoms with Gasteiger partial charge >= 0.3 is 0 Å². The van der Waals surface area contributed by atoms with Gasteiger partial charge in [0.1, 0.15) is 11.5 Å². The molecule has 1 rings (SSSR count). The molecule has 0 aromatic heterocycles. The number of hydrogen-bond acceptors (Lipinski definition) is 3. The van der Waals surface area contributed by atoms with Crippen LogP contribution in [0.25, 0.3) is 0 Å². The third-order valence-electron chi connectivity index (χ3n) is 2.53. The second kappa shape index (κ2) is 4.88. The number of aryl methyl sites for hydroxylation is 1. The van der Waals surface area contributed by atoms with Gasteiger partial charge in [0.25, 0.3) is 0 Å². The van der Waals surface area contributed by atoms with Crippen molar-refractivity contribution in [1.29, 1.82) is 0 Å². The predicted octanol–water partition coefficient (Wildman–Crippen LogP) is 1.99. The number of hydrogen-bond donors (Lipinski definition) is 0. The van der Waals surface area contributed by atoms with E-state index in [0.29, 0.717) is 11.4 Å². The smallest absolute Gasteiger partial charge is 0.223 e. The Bertz CT molecular complexity index is 401. The predicted molar refractivity (Wildman–Crippen MR) is 63.4 cm³/mol. The molecule has 4 nitrogen and oxygen atoms in total. The molecule has 0 heterocycles. The van der Waals surface area contributed by atoms with Gasteiger partial charge in [-0.3, -0.25) is 4.79 Å². The highest BCUT2D eigenvalue weighted by molar-refractivity contribution is 5.93. The van der Waals surface area contributed by atoms with Gasteiger partial charge in [-0.15, -0.1) is 0 Å². The molecule has 0 fully saturated rings. The molecule has 0 spiro atoms. The highest BCUT2D eigenvalue weighted by Gasteiger charge is 2.14. The lowest BCUT2D eigenvalue weighted by Crippen LogP contribution is -2.23. The van der Waals surface area contributed by atoms with Crippen LogP contribution in [0.15, 0.2) is 12.1 Å². The number of nitrogens with zero attached hydrogens (tertiary/aromatic N) is 1. The third-order valence-corrected chi connectivity index (χ3v) is 2.53. The fourth-order valence-electron chi connectivity index (χ4n) is 1.47. The Labute approximate surface area is 95.8 Å². The minimum atomic E-state index is -0.0517. The lowest BCUT2D eigenvalue weighted by Gasteiger charge is -2.20. The van der Waals surface area contributed by atoms with Crippen LogP contribution in [0.1, 0.15) is 12.5 Å². The maximum absolute atomic E-state index is 11.3. The van der Waals surface area contributed by atoms with Crippen molar-refractivity contribution in [3.8, 4) is 11.5 Å². The van der Waals surface area contributed by atoms with Crippen molar-refractivity contribution >= 4 is 11.6 Å². The molecule has 0 radical (unpaired) electrons. The van der Waals surface area contributed by atoms with Crippen LogP contribution in [0.4, 0.5) is 5.69 Å². The van der Waals surface area contributed by atoms with Crippen LogP contribution in [0.5, 0.6) is 11.5 Å². The van der Waals surface area contributed by atoms with Gasteiger partial charge < -0.3 is 14.4 Å². The molecule has 0 aliphatic carbocycles. The molecule has 0 bridgehead atoms. The summed E-state index contributed by atoms with van der Waals surface area (Å²) in [5.74, 6) is 1.35. The van der Waals surface area contributed by atoms with Gasteiger partial charge in [0.2, 0.25) is 5.91 Å². The van der Waals surface area contributed by atoms with Crippen molar-refractivity contribution < 1.29 is 14.3 Å². The van der Waals surface area contributed by atoms with Crippen LogP contribution in [0.2, 0.25) is 0 Å². The molecule has 88 valence electrons. The molecule has 4 heteroatoms. The zero-order valence-corrected chi connectivity index (χ0v) is 10.3. The molecular weight excluding hydrogens is 206 g/mol. The topological polar surface area (TPSA) is 38.8 Å². The largest absolute Gasteiger partial charge is 0.496 e. The fraction of sp³-hybridized carbons (Fsp3) is 0.417. The highest BCUT2D eigenvalue weighted by atomic mass is 16.5. The third kappa shape index (κ3) is 2.27. The zero-order chi connectivity index (χ0) is 12.3. The van der Waals surface area contributed by atoms with E-state index >= 15 is 0 Å². The van der Waals surface area contributed by atoms with Crippen molar-refractivity contribution in [2.24, 2.45) is 0 Å². The Balaban J connectivity index is 3.29. The zero-order valence-electron chi connectivity index (χ0n) is 10.3. The summed E-state index contributed by atoms with van der Waals surface area (Å²) in [5, 5.41) is 0.